The van der Waals surface area contributed by atoms with E-state index >= 15 is 0 Å². The molecule has 0 bridgehead atoms. The van der Waals surface area contributed by atoms with Crippen LogP contribution in [0.4, 0.5) is 5.69 Å². The summed E-state index contributed by atoms with van der Waals surface area (Å²) in [6, 6.07) is 17.6. The highest BCUT2D eigenvalue weighted by Crippen LogP contribution is 2.25. The third kappa shape index (κ3) is 3.75. The fraction of sp³-hybridized carbons (Fsp3) is 0.320. The van der Waals surface area contributed by atoms with E-state index in [1.807, 2.05) is 41.3 Å². The Hall–Kier alpha value is -3.61. The Morgan fingerprint density at radius 1 is 0.844 bits per heavy atom. The van der Waals surface area contributed by atoms with Gasteiger partial charge in [-0.05, 0) is 30.7 Å². The molecule has 7 heteroatoms. The van der Waals surface area contributed by atoms with Gasteiger partial charge in [0, 0.05) is 61.7 Å². The van der Waals surface area contributed by atoms with E-state index in [2.05, 4.69) is 40.2 Å². The summed E-state index contributed by atoms with van der Waals surface area (Å²) in [6.45, 7) is 6.04. The Morgan fingerprint density at radius 2 is 1.56 bits per heavy atom. The summed E-state index contributed by atoms with van der Waals surface area (Å²) in [6.07, 6.45) is 0.676. The lowest BCUT2D eigenvalue weighted by molar-refractivity contribution is 0.0709. The summed E-state index contributed by atoms with van der Waals surface area (Å²) in [4.78, 5) is 32.2. The Balaban J connectivity index is 1.28. The zero-order chi connectivity index (χ0) is 22.1. The summed E-state index contributed by atoms with van der Waals surface area (Å²) >= 11 is 0. The Kier molecular flexibility index (Phi) is 5.39. The minimum absolute atomic E-state index is 0.0114. The zero-order valence-electron chi connectivity index (χ0n) is 18.3. The summed E-state index contributed by atoms with van der Waals surface area (Å²) < 4.78 is 0. The van der Waals surface area contributed by atoms with E-state index in [4.69, 9.17) is 0 Å². The first-order chi connectivity index (χ1) is 15.6. The van der Waals surface area contributed by atoms with Crippen LogP contribution in [0.5, 0.6) is 0 Å². The van der Waals surface area contributed by atoms with Gasteiger partial charge in [-0.25, -0.2) is 0 Å². The lowest BCUT2D eigenvalue weighted by atomic mass is 10.0. The predicted octanol–water partition coefficient (Wildman–Crippen LogP) is 2.88. The molecule has 1 saturated heterocycles. The van der Waals surface area contributed by atoms with Gasteiger partial charge in [-0.1, -0.05) is 36.4 Å². The quantitative estimate of drug-likeness (QED) is 0.695. The normalized spacial score (nSPS) is 16.1. The molecule has 0 aliphatic carbocycles. The first kappa shape index (κ1) is 20.3. The van der Waals surface area contributed by atoms with Gasteiger partial charge in [-0.2, -0.15) is 5.10 Å². The fourth-order valence-electron chi connectivity index (χ4n) is 4.63. The maximum atomic E-state index is 13.3. The van der Waals surface area contributed by atoms with Crippen LogP contribution in [0.1, 0.15) is 37.7 Å². The maximum Gasteiger partial charge on any atom is 0.274 e. The first-order valence-corrected chi connectivity index (χ1v) is 11.1. The number of anilines is 1. The highest BCUT2D eigenvalue weighted by atomic mass is 16.2. The third-order valence-electron chi connectivity index (χ3n) is 6.47. The van der Waals surface area contributed by atoms with Crippen molar-refractivity contribution in [1.82, 2.24) is 20.0 Å². The molecule has 0 spiro atoms. The summed E-state index contributed by atoms with van der Waals surface area (Å²) in [7, 11) is 0. The van der Waals surface area contributed by atoms with Gasteiger partial charge in [0.1, 0.15) is 0 Å². The molecule has 1 fully saturated rings. The van der Waals surface area contributed by atoms with E-state index in [1.54, 1.807) is 4.90 Å². The number of carbonyl (C=O) groups excluding carboxylic acids is 2. The van der Waals surface area contributed by atoms with Gasteiger partial charge in [0.2, 0.25) is 0 Å². The number of aromatic amines is 1. The topological polar surface area (TPSA) is 72.5 Å². The molecule has 164 valence electrons. The maximum absolute atomic E-state index is 13.3. The molecule has 2 amide bonds. The van der Waals surface area contributed by atoms with Gasteiger partial charge in [-0.3, -0.25) is 14.7 Å². The Labute approximate surface area is 187 Å². The van der Waals surface area contributed by atoms with E-state index in [0.29, 0.717) is 43.9 Å². The van der Waals surface area contributed by atoms with E-state index < -0.39 is 0 Å². The summed E-state index contributed by atoms with van der Waals surface area (Å²) in [5.74, 6) is -0.0661. The van der Waals surface area contributed by atoms with Crippen molar-refractivity contribution in [3.05, 3.63) is 82.7 Å². The van der Waals surface area contributed by atoms with Crippen molar-refractivity contribution >= 4 is 17.5 Å². The average Bonchev–Trinajstić information content (AvgIpc) is 3.27. The SMILES string of the molecule is Cc1ccccc1N1CCN(C(=O)c2n[nH]c3c2CN(C(=O)c2ccccc2)CC3)CC1. The highest BCUT2D eigenvalue weighted by molar-refractivity contribution is 5.96. The van der Waals surface area contributed by atoms with Crippen LogP contribution in [-0.4, -0.2) is 64.5 Å². The molecule has 1 aromatic heterocycles. The second kappa shape index (κ2) is 8.49. The highest BCUT2D eigenvalue weighted by Gasteiger charge is 2.31. The molecular weight excluding hydrogens is 402 g/mol. The van der Waals surface area contributed by atoms with E-state index in [1.165, 1.54) is 11.3 Å². The van der Waals surface area contributed by atoms with Crippen LogP contribution in [-0.2, 0) is 13.0 Å². The third-order valence-corrected chi connectivity index (χ3v) is 6.47. The number of benzene rings is 2. The lowest BCUT2D eigenvalue weighted by Crippen LogP contribution is -2.49. The van der Waals surface area contributed by atoms with Crippen LogP contribution in [0.2, 0.25) is 0 Å². The van der Waals surface area contributed by atoms with Crippen LogP contribution in [0.3, 0.4) is 0 Å². The van der Waals surface area contributed by atoms with Gasteiger partial charge >= 0.3 is 0 Å². The molecule has 0 atom stereocenters. The van der Waals surface area contributed by atoms with Crippen LogP contribution < -0.4 is 4.90 Å². The molecule has 0 unspecified atom stereocenters. The number of aryl methyl sites for hydroxylation is 1. The van der Waals surface area contributed by atoms with E-state index in [9.17, 15) is 9.59 Å². The molecule has 5 rings (SSSR count). The minimum Gasteiger partial charge on any atom is -0.368 e. The molecule has 7 nitrogen and oxygen atoms in total. The molecule has 3 heterocycles. The smallest absolute Gasteiger partial charge is 0.274 e. The monoisotopic (exact) mass is 429 g/mol. The van der Waals surface area contributed by atoms with Gasteiger partial charge in [0.05, 0.1) is 6.54 Å². The number of piperazine rings is 1. The van der Waals surface area contributed by atoms with Crippen molar-refractivity contribution < 1.29 is 9.59 Å². The van der Waals surface area contributed by atoms with Crippen molar-refractivity contribution in [2.24, 2.45) is 0 Å². The van der Waals surface area contributed by atoms with Crippen LogP contribution in [0.25, 0.3) is 0 Å². The Morgan fingerprint density at radius 3 is 2.31 bits per heavy atom. The summed E-state index contributed by atoms with van der Waals surface area (Å²) in [5.41, 5.74) is 5.41. The van der Waals surface area contributed by atoms with Gasteiger partial charge in [-0.15, -0.1) is 0 Å². The molecule has 0 radical (unpaired) electrons. The number of rotatable bonds is 3. The molecule has 2 aromatic carbocycles. The standard InChI is InChI=1S/C25H27N5O2/c1-18-7-5-6-10-22(18)28-13-15-29(16-14-28)25(32)23-20-17-30(12-11-21(20)26-27-23)24(31)19-8-3-2-4-9-19/h2-10H,11-17H2,1H3,(H,26,27). The second-order valence-corrected chi connectivity index (χ2v) is 8.44. The summed E-state index contributed by atoms with van der Waals surface area (Å²) in [5, 5.41) is 7.40. The van der Waals surface area contributed by atoms with E-state index in [0.717, 1.165) is 24.3 Å². The van der Waals surface area contributed by atoms with Gasteiger partial charge in [0.15, 0.2) is 5.69 Å². The number of amides is 2. The van der Waals surface area contributed by atoms with Crippen LogP contribution in [0, 0.1) is 6.92 Å². The Bertz CT molecular complexity index is 1130. The van der Waals surface area contributed by atoms with Crippen molar-refractivity contribution in [1.29, 1.82) is 0 Å². The minimum atomic E-state index is -0.0547. The van der Waals surface area contributed by atoms with Crippen LogP contribution in [0.15, 0.2) is 54.6 Å². The van der Waals surface area contributed by atoms with Crippen molar-refractivity contribution in [3.63, 3.8) is 0 Å². The average molecular weight is 430 g/mol. The van der Waals surface area contributed by atoms with E-state index in [-0.39, 0.29) is 11.8 Å². The lowest BCUT2D eigenvalue weighted by Gasteiger charge is -2.36. The number of para-hydroxylation sites is 1. The molecular formula is C25H27N5O2. The number of nitrogens with one attached hydrogen (secondary N) is 1. The molecule has 2 aliphatic rings. The number of aromatic nitrogens is 2. The largest absolute Gasteiger partial charge is 0.368 e. The van der Waals surface area contributed by atoms with Crippen molar-refractivity contribution in [2.75, 3.05) is 37.6 Å². The predicted molar refractivity (Wildman–Crippen MR) is 123 cm³/mol. The zero-order valence-corrected chi connectivity index (χ0v) is 18.3. The molecule has 1 N–H and O–H groups in total. The van der Waals surface area contributed by atoms with Gasteiger partial charge in [0.25, 0.3) is 11.8 Å². The number of hydrogen-bond acceptors (Lipinski definition) is 4. The number of nitrogens with zero attached hydrogens (tertiary/aromatic N) is 4. The fourth-order valence-corrected chi connectivity index (χ4v) is 4.63. The number of fused-ring (bicyclic) bond motifs is 1. The van der Waals surface area contributed by atoms with Crippen LogP contribution >= 0.6 is 0 Å². The molecule has 3 aromatic rings. The number of H-pyrrole nitrogens is 1. The molecule has 0 saturated carbocycles. The second-order valence-electron chi connectivity index (χ2n) is 8.44. The molecule has 32 heavy (non-hydrogen) atoms. The van der Waals surface area contributed by atoms with Gasteiger partial charge < -0.3 is 14.7 Å². The van der Waals surface area contributed by atoms with Crippen molar-refractivity contribution in [2.45, 2.75) is 19.9 Å². The first-order valence-electron chi connectivity index (χ1n) is 11.1. The number of carbonyl (C=O) groups is 2. The molecule has 2 aliphatic heterocycles. The number of hydrogen-bond donors (Lipinski definition) is 1. The van der Waals surface area contributed by atoms with Crippen molar-refractivity contribution in [3.8, 4) is 0 Å².